The van der Waals surface area contributed by atoms with Gasteiger partial charge in [0.1, 0.15) is 13.1 Å². The van der Waals surface area contributed by atoms with E-state index >= 15 is 0 Å². The summed E-state index contributed by atoms with van der Waals surface area (Å²) in [5.74, 6) is 1.50. The second-order valence-electron chi connectivity index (χ2n) is 7.64. The lowest BCUT2D eigenvalue weighted by atomic mass is 10.1. The smallest absolute Gasteiger partial charge is 0.244 e. The van der Waals surface area contributed by atoms with E-state index in [0.29, 0.717) is 0 Å². The van der Waals surface area contributed by atoms with E-state index in [1.165, 1.54) is 109 Å². The van der Waals surface area contributed by atoms with Gasteiger partial charge in [0.25, 0.3) is 0 Å². The Labute approximate surface area is 158 Å². The van der Waals surface area contributed by atoms with Gasteiger partial charge in [-0.25, -0.2) is 0 Å². The number of rotatable bonds is 17. The van der Waals surface area contributed by atoms with Crippen molar-refractivity contribution >= 4 is 5.84 Å². The van der Waals surface area contributed by atoms with E-state index in [9.17, 15) is 0 Å². The van der Waals surface area contributed by atoms with Crippen molar-refractivity contribution in [3.8, 4) is 0 Å². The molecule has 1 aliphatic rings. The number of hydrogen-bond donors (Lipinski definition) is 1. The average Bonchev–Trinajstić information content (AvgIpc) is 3.09. The molecule has 25 heavy (non-hydrogen) atoms. The lowest BCUT2D eigenvalue weighted by molar-refractivity contribution is -0.515. The van der Waals surface area contributed by atoms with E-state index in [0.717, 1.165) is 13.1 Å². The Hall–Kier alpha value is -0.790. The molecule has 1 rings (SSSR count). The fraction of sp³-hybridized carbons (Fsp3) is 0.870. The summed E-state index contributed by atoms with van der Waals surface area (Å²) in [5.41, 5.74) is 0. The van der Waals surface area contributed by atoms with Gasteiger partial charge in [0.05, 0.1) is 6.54 Å². The monoisotopic (exact) mass is 349 g/mol. The molecule has 2 nitrogen and oxygen atoms in total. The van der Waals surface area contributed by atoms with Crippen LogP contribution in [0.1, 0.15) is 110 Å². The minimum Gasteiger partial charge on any atom is -0.274 e. The molecule has 0 aromatic rings. The largest absolute Gasteiger partial charge is 0.274 e. The quantitative estimate of drug-likeness (QED) is 0.181. The first kappa shape index (κ1) is 22.3. The average molecular weight is 350 g/mol. The molecule has 0 aliphatic carbocycles. The van der Waals surface area contributed by atoms with Crippen molar-refractivity contribution in [1.29, 1.82) is 0 Å². The molecule has 1 N–H and O–H groups in total. The van der Waals surface area contributed by atoms with Crippen molar-refractivity contribution < 1.29 is 4.58 Å². The number of likely N-dealkylation sites (N-methyl/N-ethyl adjacent to an activating group) is 1. The third kappa shape index (κ3) is 12.2. The minimum absolute atomic E-state index is 1.15. The highest BCUT2D eigenvalue weighted by Crippen LogP contribution is 2.11. The number of nitrogens with one attached hydrogen (secondary N) is 1. The molecule has 0 amide bonds. The summed E-state index contributed by atoms with van der Waals surface area (Å²) < 4.78 is 2.50. The summed E-state index contributed by atoms with van der Waals surface area (Å²) in [7, 11) is 0. The molecule has 0 aromatic heterocycles. The van der Waals surface area contributed by atoms with Gasteiger partial charge >= 0.3 is 0 Å². The lowest BCUT2D eigenvalue weighted by Crippen LogP contribution is -2.22. The fourth-order valence-corrected chi connectivity index (χ4v) is 3.72. The van der Waals surface area contributed by atoms with Gasteiger partial charge in [-0.3, -0.25) is 9.89 Å². The number of allylic oxidation sites excluding steroid dienone is 2. The maximum absolute atomic E-state index is 3.54. The molecule has 0 saturated heterocycles. The SMILES string of the molecule is CCCCCCCC/C=C\CCCCCCCCC1=[N+](CC)CCN1. The van der Waals surface area contributed by atoms with E-state index < -0.39 is 0 Å². The van der Waals surface area contributed by atoms with Gasteiger partial charge in [-0.15, -0.1) is 0 Å². The Bertz CT molecular complexity index is 357. The maximum atomic E-state index is 3.54. The Balaban J connectivity index is 1.79. The van der Waals surface area contributed by atoms with E-state index in [4.69, 9.17) is 0 Å². The molecular weight excluding hydrogens is 304 g/mol. The summed E-state index contributed by atoms with van der Waals surface area (Å²) in [5, 5.41) is 3.54. The molecule has 0 radical (unpaired) electrons. The van der Waals surface area contributed by atoms with Crippen LogP contribution in [0.25, 0.3) is 0 Å². The molecule has 0 fully saturated rings. The Morgan fingerprint density at radius 1 is 0.760 bits per heavy atom. The van der Waals surface area contributed by atoms with Crippen LogP contribution in [0.15, 0.2) is 12.2 Å². The molecule has 1 aliphatic heterocycles. The molecule has 0 bridgehead atoms. The number of hydrogen-bond acceptors (Lipinski definition) is 1. The van der Waals surface area contributed by atoms with Crippen LogP contribution in [0.2, 0.25) is 0 Å². The lowest BCUT2D eigenvalue weighted by Gasteiger charge is -2.02. The first-order chi connectivity index (χ1) is 12.4. The van der Waals surface area contributed by atoms with Crippen molar-refractivity contribution in [3.63, 3.8) is 0 Å². The second-order valence-corrected chi connectivity index (χ2v) is 7.64. The molecule has 0 atom stereocenters. The normalized spacial score (nSPS) is 14.6. The minimum atomic E-state index is 1.15. The van der Waals surface area contributed by atoms with Gasteiger partial charge < -0.3 is 0 Å². The predicted molar refractivity (Wildman–Crippen MR) is 113 cm³/mol. The topological polar surface area (TPSA) is 15.0 Å². The first-order valence-corrected chi connectivity index (χ1v) is 11.4. The van der Waals surface area contributed by atoms with Gasteiger partial charge in [-0.05, 0) is 39.0 Å². The molecule has 146 valence electrons. The highest BCUT2D eigenvalue weighted by atomic mass is 15.2. The molecule has 1 heterocycles. The van der Waals surface area contributed by atoms with Gasteiger partial charge in [-0.1, -0.05) is 76.9 Å². The van der Waals surface area contributed by atoms with Gasteiger partial charge in [0, 0.05) is 6.42 Å². The Morgan fingerprint density at radius 3 is 1.92 bits per heavy atom. The van der Waals surface area contributed by atoms with Crippen LogP contribution in [-0.2, 0) is 0 Å². The van der Waals surface area contributed by atoms with E-state index in [1.807, 2.05) is 0 Å². The van der Waals surface area contributed by atoms with Crippen LogP contribution in [0.3, 0.4) is 0 Å². The number of amidine groups is 1. The molecular formula is C23H45N2+. The third-order valence-corrected chi connectivity index (χ3v) is 5.40. The number of unbranched alkanes of at least 4 members (excludes halogenated alkanes) is 12. The molecule has 0 aromatic carbocycles. The van der Waals surface area contributed by atoms with Gasteiger partial charge in [0.2, 0.25) is 5.84 Å². The van der Waals surface area contributed by atoms with Crippen molar-refractivity contribution in [2.45, 2.75) is 110 Å². The van der Waals surface area contributed by atoms with E-state index in [2.05, 4.69) is 35.9 Å². The van der Waals surface area contributed by atoms with Crippen LogP contribution in [0.5, 0.6) is 0 Å². The first-order valence-electron chi connectivity index (χ1n) is 11.4. The zero-order valence-electron chi connectivity index (χ0n) is 17.3. The highest BCUT2D eigenvalue weighted by Gasteiger charge is 2.17. The van der Waals surface area contributed by atoms with E-state index in [1.54, 1.807) is 0 Å². The molecule has 2 heteroatoms. The van der Waals surface area contributed by atoms with Gasteiger partial charge in [0.15, 0.2) is 0 Å². The summed E-state index contributed by atoms with van der Waals surface area (Å²) in [4.78, 5) is 0. The molecule has 0 unspecified atom stereocenters. The molecule has 0 saturated carbocycles. The summed E-state index contributed by atoms with van der Waals surface area (Å²) in [6.07, 6.45) is 25.6. The fourth-order valence-electron chi connectivity index (χ4n) is 3.72. The summed E-state index contributed by atoms with van der Waals surface area (Å²) >= 11 is 0. The maximum Gasteiger partial charge on any atom is 0.244 e. The van der Waals surface area contributed by atoms with Gasteiger partial charge in [-0.2, -0.15) is 0 Å². The zero-order valence-corrected chi connectivity index (χ0v) is 17.3. The van der Waals surface area contributed by atoms with Crippen molar-refractivity contribution in [2.24, 2.45) is 0 Å². The van der Waals surface area contributed by atoms with Crippen molar-refractivity contribution in [2.75, 3.05) is 19.6 Å². The van der Waals surface area contributed by atoms with Crippen LogP contribution in [0.4, 0.5) is 0 Å². The second kappa shape index (κ2) is 16.7. The van der Waals surface area contributed by atoms with E-state index in [-0.39, 0.29) is 0 Å². The Morgan fingerprint density at radius 2 is 1.32 bits per heavy atom. The summed E-state index contributed by atoms with van der Waals surface area (Å²) in [6.45, 7) is 8.06. The standard InChI is InChI=1S/C23H44N2/c1-3-5-6-7-8-9-10-11-12-13-14-15-16-17-18-19-20-23-24-21-22-25(23)4-2/h11-12H,3-10,13-22H2,1-2H3/p+1/b12-11-. The zero-order chi connectivity index (χ0) is 18.0. The van der Waals surface area contributed by atoms with Crippen LogP contribution in [0, 0.1) is 0 Å². The van der Waals surface area contributed by atoms with Crippen LogP contribution in [-0.4, -0.2) is 30.0 Å². The molecule has 0 spiro atoms. The van der Waals surface area contributed by atoms with Crippen LogP contribution >= 0.6 is 0 Å². The van der Waals surface area contributed by atoms with Crippen LogP contribution < -0.4 is 5.32 Å². The predicted octanol–water partition coefficient (Wildman–Crippen LogP) is 6.45. The van der Waals surface area contributed by atoms with Crippen molar-refractivity contribution in [1.82, 2.24) is 5.32 Å². The highest BCUT2D eigenvalue weighted by molar-refractivity contribution is 5.78. The number of nitrogens with zero attached hydrogens (tertiary/aromatic N) is 1. The van der Waals surface area contributed by atoms with Crippen molar-refractivity contribution in [3.05, 3.63) is 12.2 Å². The third-order valence-electron chi connectivity index (χ3n) is 5.40. The summed E-state index contributed by atoms with van der Waals surface area (Å²) in [6, 6.07) is 0. The Kier molecular flexibility index (Phi) is 14.8.